The van der Waals surface area contributed by atoms with Crippen LogP contribution in [-0.4, -0.2) is 39.5 Å². The van der Waals surface area contributed by atoms with Crippen molar-refractivity contribution in [1.82, 2.24) is 15.2 Å². The Bertz CT molecular complexity index is 1240. The van der Waals surface area contributed by atoms with Crippen molar-refractivity contribution < 1.29 is 13.9 Å². The lowest BCUT2D eigenvalue weighted by Gasteiger charge is -2.20. The summed E-state index contributed by atoms with van der Waals surface area (Å²) in [7, 11) is 0. The number of aliphatic hydroxyl groups excluding tert-OH is 1. The lowest BCUT2D eigenvalue weighted by atomic mass is 10.1. The molecule has 2 atom stereocenters. The Balaban J connectivity index is 1.53. The van der Waals surface area contributed by atoms with Gasteiger partial charge in [0.05, 0.1) is 40.6 Å². The predicted molar refractivity (Wildman–Crippen MR) is 113 cm³/mol. The van der Waals surface area contributed by atoms with E-state index in [2.05, 4.69) is 25.4 Å². The fraction of sp³-hybridized carbons (Fsp3) is 0.318. The molecule has 154 valence electrons. The van der Waals surface area contributed by atoms with Gasteiger partial charge < -0.3 is 19.7 Å². The van der Waals surface area contributed by atoms with Gasteiger partial charge in [0.2, 0.25) is 0 Å². The lowest BCUT2D eigenvalue weighted by molar-refractivity contribution is 0.198. The van der Waals surface area contributed by atoms with Crippen molar-refractivity contribution in [3.05, 3.63) is 53.8 Å². The maximum atomic E-state index is 13.9. The quantitative estimate of drug-likeness (QED) is 0.529. The number of fused-ring (bicyclic) bond motifs is 2. The van der Waals surface area contributed by atoms with Crippen molar-refractivity contribution in [1.29, 1.82) is 0 Å². The number of pyridine rings is 1. The van der Waals surface area contributed by atoms with Crippen LogP contribution in [-0.2, 0) is 0 Å². The molecule has 7 nitrogen and oxygen atoms in total. The highest BCUT2D eigenvalue weighted by molar-refractivity contribution is 5.92. The van der Waals surface area contributed by atoms with E-state index < -0.39 is 0 Å². The number of furan rings is 1. The maximum Gasteiger partial charge on any atom is 0.169 e. The summed E-state index contributed by atoms with van der Waals surface area (Å²) in [5.74, 6) is 0.225. The monoisotopic (exact) mass is 407 g/mol. The molecule has 0 bridgehead atoms. The SMILES string of the molecule is Cc1nnc(N[C@H](C)c2cccc3c(F)coc23)c2cc(N3CC[C@H](O)C3)cnc12. The Labute approximate surface area is 172 Å². The van der Waals surface area contributed by atoms with Gasteiger partial charge in [-0.1, -0.05) is 12.1 Å². The van der Waals surface area contributed by atoms with Gasteiger partial charge in [0, 0.05) is 24.0 Å². The number of aryl methyl sites for hydroxylation is 1. The van der Waals surface area contributed by atoms with Gasteiger partial charge in [-0.25, -0.2) is 4.39 Å². The average molecular weight is 407 g/mol. The third kappa shape index (κ3) is 3.13. The summed E-state index contributed by atoms with van der Waals surface area (Å²) in [6, 6.07) is 7.25. The zero-order valence-electron chi connectivity index (χ0n) is 16.8. The number of hydrogen-bond acceptors (Lipinski definition) is 7. The van der Waals surface area contributed by atoms with Gasteiger partial charge in [0.25, 0.3) is 0 Å². The number of halogens is 1. The number of β-amino-alcohol motifs (C(OH)–C–C–N with tert-alkyl or cyclic N) is 1. The molecule has 1 aliphatic heterocycles. The summed E-state index contributed by atoms with van der Waals surface area (Å²) in [5.41, 5.74) is 3.80. The Morgan fingerprint density at radius 1 is 1.30 bits per heavy atom. The van der Waals surface area contributed by atoms with Crippen LogP contribution in [0.5, 0.6) is 0 Å². The van der Waals surface area contributed by atoms with Gasteiger partial charge in [0.1, 0.15) is 11.8 Å². The molecule has 1 aromatic carbocycles. The molecule has 0 unspecified atom stereocenters. The molecule has 0 spiro atoms. The molecular weight excluding hydrogens is 385 g/mol. The fourth-order valence-corrected chi connectivity index (χ4v) is 4.08. The Hall–Kier alpha value is -3.26. The second-order valence-corrected chi connectivity index (χ2v) is 7.79. The first kappa shape index (κ1) is 18.7. The summed E-state index contributed by atoms with van der Waals surface area (Å²) in [5, 5.41) is 23.2. The van der Waals surface area contributed by atoms with Crippen molar-refractivity contribution >= 4 is 33.4 Å². The van der Waals surface area contributed by atoms with Gasteiger partial charge in [-0.15, -0.1) is 5.10 Å². The van der Waals surface area contributed by atoms with E-state index in [1.807, 2.05) is 38.2 Å². The van der Waals surface area contributed by atoms with E-state index in [1.54, 1.807) is 6.07 Å². The Morgan fingerprint density at radius 3 is 2.97 bits per heavy atom. The number of para-hydroxylation sites is 1. The molecule has 1 fully saturated rings. The van der Waals surface area contributed by atoms with E-state index >= 15 is 0 Å². The van der Waals surface area contributed by atoms with Crippen molar-refractivity contribution in [2.24, 2.45) is 0 Å². The second kappa shape index (κ2) is 7.21. The van der Waals surface area contributed by atoms with Crippen LogP contribution in [0.2, 0.25) is 0 Å². The molecule has 4 heterocycles. The summed E-state index contributed by atoms with van der Waals surface area (Å²) >= 11 is 0. The predicted octanol–water partition coefficient (Wildman–Crippen LogP) is 3.96. The summed E-state index contributed by atoms with van der Waals surface area (Å²) < 4.78 is 19.4. The van der Waals surface area contributed by atoms with Crippen LogP contribution in [0.3, 0.4) is 0 Å². The van der Waals surface area contributed by atoms with Gasteiger partial charge >= 0.3 is 0 Å². The average Bonchev–Trinajstić information content (AvgIpc) is 3.35. The van der Waals surface area contributed by atoms with Crippen LogP contribution in [0, 0.1) is 12.7 Å². The van der Waals surface area contributed by atoms with Crippen molar-refractivity contribution in [3.63, 3.8) is 0 Å². The Morgan fingerprint density at radius 2 is 2.17 bits per heavy atom. The normalized spacial score (nSPS) is 17.7. The third-order valence-corrected chi connectivity index (χ3v) is 5.70. The van der Waals surface area contributed by atoms with Gasteiger partial charge in [-0.2, -0.15) is 5.10 Å². The smallest absolute Gasteiger partial charge is 0.169 e. The molecule has 5 rings (SSSR count). The molecule has 2 N–H and O–H groups in total. The number of rotatable bonds is 4. The van der Waals surface area contributed by atoms with Crippen LogP contribution in [0.4, 0.5) is 15.9 Å². The summed E-state index contributed by atoms with van der Waals surface area (Å²) in [6.07, 6.45) is 3.37. The highest BCUT2D eigenvalue weighted by Crippen LogP contribution is 2.32. The molecule has 4 aromatic rings. The van der Waals surface area contributed by atoms with Crippen LogP contribution >= 0.6 is 0 Å². The number of nitrogens with zero attached hydrogens (tertiary/aromatic N) is 4. The van der Waals surface area contributed by atoms with Gasteiger partial charge in [-0.3, -0.25) is 4.98 Å². The van der Waals surface area contributed by atoms with Crippen molar-refractivity contribution in [2.75, 3.05) is 23.3 Å². The number of benzene rings is 1. The molecule has 1 aliphatic rings. The largest absolute Gasteiger partial charge is 0.461 e. The minimum Gasteiger partial charge on any atom is -0.461 e. The van der Waals surface area contributed by atoms with Crippen LogP contribution in [0.15, 0.2) is 41.1 Å². The highest BCUT2D eigenvalue weighted by Gasteiger charge is 2.22. The summed E-state index contributed by atoms with van der Waals surface area (Å²) in [6.45, 7) is 5.23. The Kier molecular flexibility index (Phi) is 4.51. The lowest BCUT2D eigenvalue weighted by Crippen LogP contribution is -2.21. The van der Waals surface area contributed by atoms with E-state index in [1.165, 1.54) is 0 Å². The molecule has 1 saturated heterocycles. The van der Waals surface area contributed by atoms with E-state index in [9.17, 15) is 9.50 Å². The summed E-state index contributed by atoms with van der Waals surface area (Å²) in [4.78, 5) is 6.73. The van der Waals surface area contributed by atoms with Crippen LogP contribution in [0.25, 0.3) is 21.9 Å². The zero-order chi connectivity index (χ0) is 20.8. The highest BCUT2D eigenvalue weighted by atomic mass is 19.1. The number of nitrogens with one attached hydrogen (secondary N) is 1. The van der Waals surface area contributed by atoms with E-state index in [4.69, 9.17) is 4.42 Å². The minimum absolute atomic E-state index is 0.197. The molecule has 0 saturated carbocycles. The second-order valence-electron chi connectivity index (χ2n) is 7.79. The van der Waals surface area contributed by atoms with E-state index in [-0.39, 0.29) is 18.0 Å². The first-order valence-electron chi connectivity index (χ1n) is 9.99. The number of anilines is 2. The van der Waals surface area contributed by atoms with Crippen molar-refractivity contribution in [2.45, 2.75) is 32.4 Å². The number of hydrogen-bond donors (Lipinski definition) is 2. The maximum absolute atomic E-state index is 13.9. The fourth-order valence-electron chi connectivity index (χ4n) is 4.08. The standard InChI is InChI=1S/C22H22FN5O2/c1-12(16-4-3-5-17-19(23)11-30-21(16)17)25-22-18-8-14(28-7-6-15(29)10-28)9-24-20(18)13(2)26-27-22/h3-5,8-9,11-12,15,29H,6-7,10H2,1-2H3,(H,25,27)/t12-,15+/m1/s1. The topological polar surface area (TPSA) is 87.3 Å². The van der Waals surface area contributed by atoms with Gasteiger partial charge in [0.15, 0.2) is 11.6 Å². The molecule has 30 heavy (non-hydrogen) atoms. The molecular formula is C22H22FN5O2. The van der Waals surface area contributed by atoms with Crippen LogP contribution < -0.4 is 10.2 Å². The third-order valence-electron chi connectivity index (χ3n) is 5.70. The number of aromatic nitrogens is 3. The number of aliphatic hydroxyl groups is 1. The van der Waals surface area contributed by atoms with Crippen molar-refractivity contribution in [3.8, 4) is 0 Å². The van der Waals surface area contributed by atoms with E-state index in [0.717, 1.165) is 47.1 Å². The first-order valence-corrected chi connectivity index (χ1v) is 9.99. The molecule has 0 amide bonds. The molecule has 3 aromatic heterocycles. The zero-order valence-corrected chi connectivity index (χ0v) is 16.8. The molecule has 0 aliphatic carbocycles. The van der Waals surface area contributed by atoms with Gasteiger partial charge in [-0.05, 0) is 32.4 Å². The molecule has 0 radical (unpaired) electrons. The van der Waals surface area contributed by atoms with Crippen LogP contribution in [0.1, 0.15) is 30.6 Å². The van der Waals surface area contributed by atoms with E-state index in [0.29, 0.717) is 23.3 Å². The molecule has 8 heteroatoms. The minimum atomic E-state index is -0.374. The first-order chi connectivity index (χ1) is 14.5.